The fourth-order valence-corrected chi connectivity index (χ4v) is 9.32. The smallest absolute Gasteiger partial charge is 0.237 e. The van der Waals surface area contributed by atoms with Crippen LogP contribution in [0.5, 0.6) is 0 Å². The molecule has 2 atom stereocenters. The summed E-state index contributed by atoms with van der Waals surface area (Å²) >= 11 is 3.20. The molecule has 3 aromatic rings. The maximum absolute atomic E-state index is 15.8. The molecule has 0 saturated carbocycles. The Hall–Kier alpha value is -2.89. The minimum atomic E-state index is -0.491. The minimum Gasteiger partial charge on any atom is -0.366 e. The highest BCUT2D eigenvalue weighted by atomic mass is 32.2. The molecule has 11 heteroatoms. The van der Waals surface area contributed by atoms with Gasteiger partial charge in [0, 0.05) is 74.9 Å². The van der Waals surface area contributed by atoms with Crippen LogP contribution in [0.3, 0.4) is 0 Å². The Labute approximate surface area is 293 Å². The Morgan fingerprint density at radius 1 is 1.00 bits per heavy atom. The van der Waals surface area contributed by atoms with E-state index in [2.05, 4.69) is 79.1 Å². The van der Waals surface area contributed by atoms with Crippen LogP contribution in [0, 0.1) is 11.2 Å². The summed E-state index contributed by atoms with van der Waals surface area (Å²) in [5.74, 6) is 0.0931. The Morgan fingerprint density at radius 3 is 2.38 bits per heavy atom. The van der Waals surface area contributed by atoms with Crippen molar-refractivity contribution in [1.82, 2.24) is 24.9 Å². The number of nitrogens with zero attached hydrogens (tertiary/aromatic N) is 5. The summed E-state index contributed by atoms with van der Waals surface area (Å²) in [6.07, 6.45) is 2.71. The van der Waals surface area contributed by atoms with Gasteiger partial charge in [-0.05, 0) is 69.0 Å². The van der Waals surface area contributed by atoms with E-state index in [1.165, 1.54) is 17.8 Å². The highest BCUT2D eigenvalue weighted by Crippen LogP contribution is 2.48. The first kappa shape index (κ1) is 35.0. The van der Waals surface area contributed by atoms with Gasteiger partial charge >= 0.3 is 0 Å². The van der Waals surface area contributed by atoms with Crippen LogP contribution >= 0.6 is 23.1 Å². The summed E-state index contributed by atoms with van der Waals surface area (Å²) in [6, 6.07) is 11.5. The van der Waals surface area contributed by atoms with E-state index in [0.717, 1.165) is 67.3 Å². The van der Waals surface area contributed by atoms with Crippen LogP contribution in [0.2, 0.25) is 0 Å². The molecule has 0 radical (unpaired) electrons. The number of nitrogens with one attached hydrogen (secondary N) is 1. The zero-order chi connectivity index (χ0) is 34.2. The summed E-state index contributed by atoms with van der Waals surface area (Å²) in [4.78, 5) is 37.4. The Balaban J connectivity index is 1.15. The molecule has 2 amide bonds. The molecule has 6 rings (SSSR count). The number of piperazine rings is 1. The molecule has 1 N–H and O–H groups in total. The van der Waals surface area contributed by atoms with E-state index >= 15 is 4.39 Å². The molecule has 0 bridgehead atoms. The fraction of sp³-hybridized carbons (Fsp3) is 0.595. The number of likely N-dealkylation sites (tertiary alicyclic amines) is 1. The fourth-order valence-electron chi connectivity index (χ4n) is 7.14. The van der Waals surface area contributed by atoms with Crippen LogP contribution in [-0.2, 0) is 9.59 Å². The van der Waals surface area contributed by atoms with Gasteiger partial charge in [0.25, 0.3) is 0 Å². The van der Waals surface area contributed by atoms with Crippen molar-refractivity contribution >= 4 is 40.6 Å². The third kappa shape index (κ3) is 7.78. The monoisotopic (exact) mass is 694 g/mol. The maximum Gasteiger partial charge on any atom is 0.237 e. The summed E-state index contributed by atoms with van der Waals surface area (Å²) in [5, 5.41) is 8.97. The third-order valence-electron chi connectivity index (χ3n) is 10.1. The number of halogens is 1. The number of carbonyl (C=O) groups is 2. The lowest BCUT2D eigenvalue weighted by atomic mass is 9.92. The first-order chi connectivity index (χ1) is 22.8. The van der Waals surface area contributed by atoms with Crippen LogP contribution in [0.1, 0.15) is 89.8 Å². The number of benzene rings is 1. The summed E-state index contributed by atoms with van der Waals surface area (Å²) in [7, 11) is 0. The molecule has 48 heavy (non-hydrogen) atoms. The Morgan fingerprint density at radius 2 is 1.73 bits per heavy atom. The van der Waals surface area contributed by atoms with Crippen LogP contribution in [-0.4, -0.2) is 93.3 Å². The molecule has 1 aromatic carbocycles. The lowest BCUT2D eigenvalue weighted by molar-refractivity contribution is -0.136. The molecular weight excluding hydrogens is 644 g/mol. The number of anilines is 1. The van der Waals surface area contributed by atoms with Gasteiger partial charge in [-0.25, -0.2) is 4.39 Å². The largest absolute Gasteiger partial charge is 0.366 e. The average Bonchev–Trinajstić information content (AvgIpc) is 3.81. The number of hydrogen-bond donors (Lipinski definition) is 1. The Kier molecular flexibility index (Phi) is 10.3. The van der Waals surface area contributed by atoms with Gasteiger partial charge in [-0.15, -0.1) is 23.1 Å². The van der Waals surface area contributed by atoms with Crippen LogP contribution in [0.15, 0.2) is 41.8 Å². The molecule has 3 aliphatic rings. The molecule has 8 nitrogen and oxygen atoms in total. The van der Waals surface area contributed by atoms with Crippen LogP contribution in [0.25, 0.3) is 10.6 Å². The number of hydrogen-bond acceptors (Lipinski definition) is 7. The molecule has 3 aliphatic heterocycles. The lowest BCUT2D eigenvalue weighted by Crippen LogP contribution is -2.53. The van der Waals surface area contributed by atoms with Gasteiger partial charge in [0.1, 0.15) is 16.9 Å². The quantitative estimate of drug-likeness (QED) is 0.266. The summed E-state index contributed by atoms with van der Waals surface area (Å²) in [6.45, 7) is 18.2. The zero-order valence-electron chi connectivity index (χ0n) is 29.3. The van der Waals surface area contributed by atoms with Crippen molar-refractivity contribution in [3.05, 3.63) is 58.9 Å². The van der Waals surface area contributed by atoms with Gasteiger partial charge in [0.15, 0.2) is 0 Å². The molecular formula is C37H51FN6O2S2. The van der Waals surface area contributed by atoms with E-state index in [1.807, 2.05) is 21.9 Å². The molecule has 5 heterocycles. The predicted molar refractivity (Wildman–Crippen MR) is 195 cm³/mol. The van der Waals surface area contributed by atoms with Gasteiger partial charge in [0.05, 0.1) is 15.8 Å². The number of para-hydroxylation sites is 1. The van der Waals surface area contributed by atoms with Crippen molar-refractivity contribution in [2.24, 2.45) is 5.41 Å². The van der Waals surface area contributed by atoms with Crippen molar-refractivity contribution in [1.29, 1.82) is 0 Å². The number of carbonyl (C=O) groups excluding carboxylic acids is 2. The minimum absolute atomic E-state index is 0.0104. The predicted octanol–water partition coefficient (Wildman–Crippen LogP) is 7.37. The van der Waals surface area contributed by atoms with Gasteiger partial charge < -0.3 is 14.7 Å². The SMILES string of the molecule is CC(C)(C)CCN1C(=O)[C@H](CC(=O)N2CCC(c3cc(-c4cccs4)n[nH]3)CC2)SC1c1cccc(F)c1N1CCN(C(C)(C)C)CC1. The number of aromatic amines is 1. The van der Waals surface area contributed by atoms with Gasteiger partial charge in [0.2, 0.25) is 11.8 Å². The Bertz CT molecular complexity index is 1560. The van der Waals surface area contributed by atoms with E-state index in [9.17, 15) is 9.59 Å². The second kappa shape index (κ2) is 14.2. The summed E-state index contributed by atoms with van der Waals surface area (Å²) in [5.41, 5.74) is 3.62. The van der Waals surface area contributed by atoms with Crippen molar-refractivity contribution in [2.45, 2.75) is 89.3 Å². The number of H-pyrrole nitrogens is 1. The normalized spacial score (nSPS) is 21.8. The first-order valence-corrected chi connectivity index (χ1v) is 19.2. The van der Waals surface area contributed by atoms with Crippen molar-refractivity contribution in [3.63, 3.8) is 0 Å². The van der Waals surface area contributed by atoms with Crippen LogP contribution in [0.4, 0.5) is 10.1 Å². The maximum atomic E-state index is 15.8. The highest BCUT2D eigenvalue weighted by molar-refractivity contribution is 8.01. The number of thiophene rings is 1. The summed E-state index contributed by atoms with van der Waals surface area (Å²) < 4.78 is 15.8. The number of amides is 2. The van der Waals surface area contributed by atoms with Gasteiger partial charge in [-0.3, -0.25) is 19.6 Å². The second-order valence-electron chi connectivity index (χ2n) is 15.7. The first-order valence-electron chi connectivity index (χ1n) is 17.4. The molecule has 1 unspecified atom stereocenters. The van der Waals surface area contributed by atoms with Crippen molar-refractivity contribution in [2.75, 3.05) is 50.7 Å². The highest BCUT2D eigenvalue weighted by Gasteiger charge is 2.44. The molecule has 0 spiro atoms. The molecule has 3 saturated heterocycles. The molecule has 3 fully saturated rings. The van der Waals surface area contributed by atoms with Crippen molar-refractivity contribution < 1.29 is 14.0 Å². The standard InChI is InChI=1S/C37H51FN6O2S2/c1-36(2,3)14-17-44-34(46)31(24-32(45)41-15-12-25(13-16-41)28-23-29(40-39-28)30-11-8-22-47-30)48-35(44)26-9-7-10-27(38)33(26)42-18-20-43(21-19-42)37(4,5)6/h7-11,22-23,25,31,35H,12-21,24H2,1-6H3,(H,39,40)/t31-,35?/m0/s1. The third-order valence-corrected chi connectivity index (χ3v) is 12.4. The topological polar surface area (TPSA) is 75.8 Å². The number of aromatic nitrogens is 2. The zero-order valence-corrected chi connectivity index (χ0v) is 30.9. The van der Waals surface area contributed by atoms with Gasteiger partial charge in [-0.2, -0.15) is 5.10 Å². The van der Waals surface area contributed by atoms with E-state index < -0.39 is 5.25 Å². The molecule has 260 valence electrons. The van der Waals surface area contributed by atoms with E-state index in [1.54, 1.807) is 17.4 Å². The van der Waals surface area contributed by atoms with Crippen molar-refractivity contribution in [3.8, 4) is 10.6 Å². The van der Waals surface area contributed by atoms with Crippen LogP contribution < -0.4 is 4.90 Å². The number of piperidine rings is 1. The van der Waals surface area contributed by atoms with Gasteiger partial charge in [-0.1, -0.05) is 39.0 Å². The molecule has 0 aliphatic carbocycles. The van der Waals surface area contributed by atoms with E-state index in [-0.39, 0.29) is 40.4 Å². The average molecular weight is 695 g/mol. The lowest BCUT2D eigenvalue weighted by Gasteiger charge is -2.43. The van der Waals surface area contributed by atoms with E-state index in [4.69, 9.17) is 0 Å². The number of thioether (sulfide) groups is 1. The number of rotatable bonds is 8. The second-order valence-corrected chi connectivity index (χ2v) is 17.9. The van der Waals surface area contributed by atoms with E-state index in [0.29, 0.717) is 31.2 Å². The molecule has 2 aromatic heterocycles.